The molecule has 9 rings (SSSR count). The number of amidine groups is 1. The SMILES string of the molecule is C=C1C(c2ccccc2)=NC(c2ccc(-c3ccccc3)cc2)=NC1c1cccc(-c2ccc(-c3ccc4c(c3)-c3ccccc3C4(C)C)cc2)c1. The van der Waals surface area contributed by atoms with Crippen molar-refractivity contribution in [3.8, 4) is 44.5 Å². The molecule has 0 amide bonds. The molecule has 2 heteroatoms. The Morgan fingerprint density at radius 2 is 0.942 bits per heavy atom. The van der Waals surface area contributed by atoms with Gasteiger partial charge < -0.3 is 0 Å². The third-order valence-corrected chi connectivity index (χ3v) is 10.7. The first-order valence-corrected chi connectivity index (χ1v) is 18.0. The molecule has 0 saturated heterocycles. The molecule has 2 aliphatic rings. The van der Waals surface area contributed by atoms with Crippen LogP contribution in [0.3, 0.4) is 0 Å². The Labute approximate surface area is 306 Å². The van der Waals surface area contributed by atoms with E-state index in [4.69, 9.17) is 9.98 Å². The predicted molar refractivity (Wildman–Crippen MR) is 218 cm³/mol. The van der Waals surface area contributed by atoms with Crippen LogP contribution in [0.4, 0.5) is 0 Å². The minimum atomic E-state index is -0.269. The van der Waals surface area contributed by atoms with Gasteiger partial charge in [-0.3, -0.25) is 4.99 Å². The molecule has 0 radical (unpaired) electrons. The average molecular weight is 667 g/mol. The van der Waals surface area contributed by atoms with E-state index in [0.29, 0.717) is 5.84 Å². The van der Waals surface area contributed by atoms with E-state index < -0.39 is 0 Å². The second kappa shape index (κ2) is 12.7. The minimum Gasteiger partial charge on any atom is -0.253 e. The van der Waals surface area contributed by atoms with E-state index in [1.165, 1.54) is 38.9 Å². The summed E-state index contributed by atoms with van der Waals surface area (Å²) in [6, 6.07) is 62.5. The molecule has 1 aliphatic carbocycles. The fraction of sp³-hybridized carbons (Fsp3) is 0.0800. The van der Waals surface area contributed by atoms with E-state index >= 15 is 0 Å². The Morgan fingerprint density at radius 1 is 0.442 bits per heavy atom. The van der Waals surface area contributed by atoms with E-state index in [1.807, 2.05) is 24.3 Å². The summed E-state index contributed by atoms with van der Waals surface area (Å²) in [5.41, 5.74) is 17.5. The molecular formula is C50H38N2. The van der Waals surface area contributed by atoms with Crippen LogP contribution in [-0.2, 0) is 5.41 Å². The van der Waals surface area contributed by atoms with Gasteiger partial charge in [0.1, 0.15) is 6.04 Å². The van der Waals surface area contributed by atoms with Crippen LogP contribution < -0.4 is 0 Å². The summed E-state index contributed by atoms with van der Waals surface area (Å²) in [5.74, 6) is 0.714. The Hall–Kier alpha value is -6.38. The van der Waals surface area contributed by atoms with Crippen LogP contribution in [0.15, 0.2) is 198 Å². The molecule has 2 nitrogen and oxygen atoms in total. The topological polar surface area (TPSA) is 24.7 Å². The van der Waals surface area contributed by atoms with Gasteiger partial charge in [0.05, 0.1) is 5.71 Å². The van der Waals surface area contributed by atoms with Crippen LogP contribution in [0.2, 0.25) is 0 Å². The number of aliphatic imine (C=N–C) groups is 2. The summed E-state index contributed by atoms with van der Waals surface area (Å²) in [6.45, 7) is 9.22. The summed E-state index contributed by atoms with van der Waals surface area (Å²) in [4.78, 5) is 10.4. The van der Waals surface area contributed by atoms with E-state index in [2.05, 4.69) is 172 Å². The normalized spacial score (nSPS) is 15.7. The Bertz CT molecular complexity index is 2520. The molecule has 248 valence electrons. The molecule has 1 aliphatic heterocycles. The van der Waals surface area contributed by atoms with Crippen LogP contribution >= 0.6 is 0 Å². The zero-order chi connectivity index (χ0) is 35.2. The Kier molecular flexibility index (Phi) is 7.74. The van der Waals surface area contributed by atoms with Gasteiger partial charge >= 0.3 is 0 Å². The third kappa shape index (κ3) is 5.54. The molecule has 0 fully saturated rings. The monoisotopic (exact) mass is 666 g/mol. The first-order chi connectivity index (χ1) is 25.4. The maximum absolute atomic E-state index is 5.25. The van der Waals surface area contributed by atoms with E-state index in [-0.39, 0.29) is 11.5 Å². The third-order valence-electron chi connectivity index (χ3n) is 10.7. The van der Waals surface area contributed by atoms with Crippen LogP contribution in [0.25, 0.3) is 44.5 Å². The van der Waals surface area contributed by atoms with Crippen molar-refractivity contribution in [1.29, 1.82) is 0 Å². The van der Waals surface area contributed by atoms with Gasteiger partial charge in [-0.05, 0) is 73.3 Å². The van der Waals surface area contributed by atoms with Crippen molar-refractivity contribution in [1.82, 2.24) is 0 Å². The van der Waals surface area contributed by atoms with E-state index in [1.54, 1.807) is 0 Å². The summed E-state index contributed by atoms with van der Waals surface area (Å²) in [6.07, 6.45) is 0. The van der Waals surface area contributed by atoms with Gasteiger partial charge in [-0.25, -0.2) is 4.99 Å². The number of fused-ring (bicyclic) bond motifs is 3. The van der Waals surface area contributed by atoms with Gasteiger partial charge in [0.2, 0.25) is 0 Å². The van der Waals surface area contributed by atoms with Crippen LogP contribution in [0.1, 0.15) is 47.7 Å². The van der Waals surface area contributed by atoms with E-state index in [9.17, 15) is 0 Å². The number of rotatable bonds is 6. The van der Waals surface area contributed by atoms with Crippen molar-refractivity contribution in [2.75, 3.05) is 0 Å². The second-order valence-corrected chi connectivity index (χ2v) is 14.3. The summed E-state index contributed by atoms with van der Waals surface area (Å²) in [7, 11) is 0. The first-order valence-electron chi connectivity index (χ1n) is 18.0. The molecule has 0 aromatic heterocycles. The molecule has 0 spiro atoms. The Balaban J connectivity index is 1.04. The molecule has 0 saturated carbocycles. The lowest BCUT2D eigenvalue weighted by atomic mass is 9.82. The quantitative estimate of drug-likeness (QED) is 0.169. The molecule has 1 heterocycles. The van der Waals surface area contributed by atoms with Crippen molar-refractivity contribution < 1.29 is 0 Å². The van der Waals surface area contributed by atoms with Gasteiger partial charge in [-0.1, -0.05) is 184 Å². The highest BCUT2D eigenvalue weighted by atomic mass is 15.0. The van der Waals surface area contributed by atoms with Gasteiger partial charge in [0.15, 0.2) is 5.84 Å². The fourth-order valence-corrected chi connectivity index (χ4v) is 7.88. The maximum atomic E-state index is 5.25. The van der Waals surface area contributed by atoms with Gasteiger partial charge in [0.25, 0.3) is 0 Å². The van der Waals surface area contributed by atoms with Gasteiger partial charge in [-0.15, -0.1) is 0 Å². The number of hydrogen-bond acceptors (Lipinski definition) is 2. The molecular weight excluding hydrogens is 629 g/mol. The zero-order valence-corrected chi connectivity index (χ0v) is 29.4. The van der Waals surface area contributed by atoms with Crippen molar-refractivity contribution in [2.24, 2.45) is 9.98 Å². The lowest BCUT2D eigenvalue weighted by molar-refractivity contribution is 0.660. The standard InChI is InChI=1S/C50H38N2/c1-33-47(38-15-8-5-9-16-38)51-49(39-27-25-35(26-28-39)34-13-6-4-7-14-34)52-48(33)42-18-12-17-40(31-42)36-21-23-37(24-22-36)41-29-30-46-44(32-41)43-19-10-11-20-45(43)50(46,2)3/h4-32,48H,1H2,2-3H3. The molecule has 0 bridgehead atoms. The van der Waals surface area contributed by atoms with Crippen LogP contribution in [-0.4, -0.2) is 11.5 Å². The van der Waals surface area contributed by atoms with Gasteiger partial charge in [-0.2, -0.15) is 0 Å². The average Bonchev–Trinajstić information content (AvgIpc) is 3.44. The van der Waals surface area contributed by atoms with Crippen molar-refractivity contribution in [3.63, 3.8) is 0 Å². The number of nitrogens with zero attached hydrogens (tertiary/aromatic N) is 2. The smallest absolute Gasteiger partial charge is 0.156 e. The van der Waals surface area contributed by atoms with Crippen molar-refractivity contribution in [3.05, 3.63) is 216 Å². The second-order valence-electron chi connectivity index (χ2n) is 14.3. The zero-order valence-electron chi connectivity index (χ0n) is 29.4. The van der Waals surface area contributed by atoms with Crippen molar-refractivity contribution in [2.45, 2.75) is 25.3 Å². The highest BCUT2D eigenvalue weighted by Crippen LogP contribution is 2.49. The summed E-state index contributed by atoms with van der Waals surface area (Å²) < 4.78 is 0. The van der Waals surface area contributed by atoms with Crippen LogP contribution in [0, 0.1) is 0 Å². The van der Waals surface area contributed by atoms with Crippen LogP contribution in [0.5, 0.6) is 0 Å². The first kappa shape index (κ1) is 31.6. The van der Waals surface area contributed by atoms with Gasteiger partial charge in [0, 0.05) is 22.1 Å². The van der Waals surface area contributed by atoms with Crippen molar-refractivity contribution >= 4 is 11.5 Å². The molecule has 1 atom stereocenters. The molecule has 0 N–H and O–H groups in total. The lowest BCUT2D eigenvalue weighted by Gasteiger charge is -2.24. The summed E-state index contributed by atoms with van der Waals surface area (Å²) in [5, 5.41) is 0. The molecule has 52 heavy (non-hydrogen) atoms. The highest BCUT2D eigenvalue weighted by molar-refractivity contribution is 6.21. The highest BCUT2D eigenvalue weighted by Gasteiger charge is 2.35. The molecule has 1 unspecified atom stereocenters. The minimum absolute atomic E-state index is 0.00842. The Morgan fingerprint density at radius 3 is 1.63 bits per heavy atom. The largest absolute Gasteiger partial charge is 0.253 e. The fourth-order valence-electron chi connectivity index (χ4n) is 7.88. The number of benzene rings is 7. The molecule has 7 aromatic rings. The molecule has 7 aromatic carbocycles. The predicted octanol–water partition coefficient (Wildman–Crippen LogP) is 12.5. The maximum Gasteiger partial charge on any atom is 0.156 e. The van der Waals surface area contributed by atoms with E-state index in [0.717, 1.165) is 44.7 Å². The summed E-state index contributed by atoms with van der Waals surface area (Å²) >= 11 is 0. The number of hydrogen-bond donors (Lipinski definition) is 0. The lowest BCUT2D eigenvalue weighted by Crippen LogP contribution is -2.20.